The minimum atomic E-state index is -4.43. The van der Waals surface area contributed by atoms with Gasteiger partial charge in [-0.25, -0.2) is 4.98 Å². The first-order chi connectivity index (χ1) is 11.3. The first-order valence-corrected chi connectivity index (χ1v) is 7.09. The number of rotatable bonds is 6. The molecular weight excluding hydrogens is 323 g/mol. The highest BCUT2D eigenvalue weighted by Gasteiger charge is 2.28. The highest BCUT2D eigenvalue weighted by Crippen LogP contribution is 2.19. The number of pyridine rings is 1. The van der Waals surface area contributed by atoms with Gasteiger partial charge in [0.05, 0.1) is 11.9 Å². The molecule has 5 nitrogen and oxygen atoms in total. The molecule has 1 atom stereocenters. The summed E-state index contributed by atoms with van der Waals surface area (Å²) in [6.45, 7) is -1.42. The predicted molar refractivity (Wildman–Crippen MR) is 82.4 cm³/mol. The normalized spacial score (nSPS) is 12.5. The van der Waals surface area contributed by atoms with E-state index in [0.717, 1.165) is 5.56 Å². The smallest absolute Gasteiger partial charge is 0.422 e. The molecule has 128 valence electrons. The second-order valence-corrected chi connectivity index (χ2v) is 5.06. The quantitative estimate of drug-likeness (QED) is 0.848. The zero-order chi connectivity index (χ0) is 17.6. The van der Waals surface area contributed by atoms with Crippen molar-refractivity contribution in [3.8, 4) is 5.88 Å². The van der Waals surface area contributed by atoms with Crippen molar-refractivity contribution >= 4 is 11.6 Å². The topological polar surface area (TPSA) is 77.2 Å². The Morgan fingerprint density at radius 2 is 1.92 bits per heavy atom. The number of nitrogens with two attached hydrogens (primary N) is 1. The number of anilines is 1. The average Bonchev–Trinajstić information content (AvgIpc) is 2.54. The third-order valence-electron chi connectivity index (χ3n) is 3.04. The summed E-state index contributed by atoms with van der Waals surface area (Å²) in [6.07, 6.45) is -3.14. The largest absolute Gasteiger partial charge is 0.468 e. The van der Waals surface area contributed by atoms with E-state index in [9.17, 15) is 18.0 Å². The summed E-state index contributed by atoms with van der Waals surface area (Å²) in [5.41, 5.74) is 7.13. The Bertz CT molecular complexity index is 661. The number of aromatic nitrogens is 1. The molecule has 0 radical (unpaired) electrons. The van der Waals surface area contributed by atoms with Gasteiger partial charge in [-0.1, -0.05) is 30.3 Å². The monoisotopic (exact) mass is 339 g/mol. The minimum absolute atomic E-state index is 0.0658. The fourth-order valence-corrected chi connectivity index (χ4v) is 1.93. The molecule has 1 amide bonds. The van der Waals surface area contributed by atoms with Crippen LogP contribution in [0.3, 0.4) is 0 Å². The fraction of sp³-hybridized carbons (Fsp3) is 0.250. The van der Waals surface area contributed by atoms with E-state index < -0.39 is 18.8 Å². The summed E-state index contributed by atoms with van der Waals surface area (Å²) in [6, 6.07) is 11.4. The molecule has 3 N–H and O–H groups in total. The maximum atomic E-state index is 12.0. The van der Waals surface area contributed by atoms with Gasteiger partial charge >= 0.3 is 6.18 Å². The van der Waals surface area contributed by atoms with E-state index in [2.05, 4.69) is 15.0 Å². The third-order valence-corrected chi connectivity index (χ3v) is 3.04. The number of benzene rings is 1. The highest BCUT2D eigenvalue weighted by atomic mass is 19.4. The van der Waals surface area contributed by atoms with Crippen molar-refractivity contribution in [2.75, 3.05) is 11.9 Å². The number of hydrogen-bond acceptors (Lipinski definition) is 4. The summed E-state index contributed by atoms with van der Waals surface area (Å²) < 4.78 is 40.6. The molecule has 0 saturated heterocycles. The van der Waals surface area contributed by atoms with Gasteiger partial charge in [-0.05, 0) is 11.6 Å². The summed E-state index contributed by atoms with van der Waals surface area (Å²) in [7, 11) is 0. The van der Waals surface area contributed by atoms with Gasteiger partial charge in [0, 0.05) is 18.5 Å². The van der Waals surface area contributed by atoms with E-state index in [1.165, 1.54) is 18.3 Å². The highest BCUT2D eigenvalue weighted by molar-refractivity contribution is 5.91. The van der Waals surface area contributed by atoms with Crippen LogP contribution in [0.15, 0.2) is 48.7 Å². The lowest BCUT2D eigenvalue weighted by molar-refractivity contribution is -0.154. The lowest BCUT2D eigenvalue weighted by Crippen LogP contribution is -2.21. The van der Waals surface area contributed by atoms with Crippen molar-refractivity contribution in [1.29, 1.82) is 0 Å². The van der Waals surface area contributed by atoms with Crippen molar-refractivity contribution in [2.45, 2.75) is 18.6 Å². The Balaban J connectivity index is 1.85. The Kier molecular flexibility index (Phi) is 5.75. The SMILES string of the molecule is NC(CC(=O)Nc1ccc(OCC(F)(F)F)nc1)c1ccccc1. The fourth-order valence-electron chi connectivity index (χ4n) is 1.93. The number of nitrogens with one attached hydrogen (secondary N) is 1. The molecule has 0 spiro atoms. The van der Waals surface area contributed by atoms with Crippen LogP contribution in [0.2, 0.25) is 0 Å². The standard InChI is InChI=1S/C16H16F3N3O2/c17-16(18,19)10-24-15-7-6-12(9-21-15)22-14(23)8-13(20)11-4-2-1-3-5-11/h1-7,9,13H,8,10,20H2,(H,22,23). The lowest BCUT2D eigenvalue weighted by Gasteiger charge is -2.12. The zero-order valence-corrected chi connectivity index (χ0v) is 12.6. The molecule has 0 aliphatic carbocycles. The Morgan fingerprint density at radius 1 is 1.21 bits per heavy atom. The molecule has 2 aromatic rings. The molecule has 0 aliphatic heterocycles. The van der Waals surface area contributed by atoms with E-state index in [1.807, 2.05) is 30.3 Å². The number of carbonyl (C=O) groups is 1. The van der Waals surface area contributed by atoms with E-state index in [1.54, 1.807) is 0 Å². The number of ether oxygens (including phenoxy) is 1. The summed E-state index contributed by atoms with van der Waals surface area (Å²) in [5, 5.41) is 2.58. The van der Waals surface area contributed by atoms with Gasteiger partial charge in [-0.15, -0.1) is 0 Å². The van der Waals surface area contributed by atoms with Gasteiger partial charge in [0.25, 0.3) is 0 Å². The van der Waals surface area contributed by atoms with Crippen LogP contribution >= 0.6 is 0 Å². The van der Waals surface area contributed by atoms with Crippen LogP contribution in [0.25, 0.3) is 0 Å². The second-order valence-electron chi connectivity index (χ2n) is 5.06. The van der Waals surface area contributed by atoms with Gasteiger partial charge in [0.2, 0.25) is 11.8 Å². The Morgan fingerprint density at radius 3 is 2.50 bits per heavy atom. The average molecular weight is 339 g/mol. The number of alkyl halides is 3. The molecule has 0 fully saturated rings. The Hall–Kier alpha value is -2.61. The molecule has 0 bridgehead atoms. The van der Waals surface area contributed by atoms with Gasteiger partial charge < -0.3 is 15.8 Å². The summed E-state index contributed by atoms with van der Waals surface area (Å²) in [5.74, 6) is -0.497. The number of hydrogen-bond donors (Lipinski definition) is 2. The van der Waals surface area contributed by atoms with Crippen LogP contribution in [0.1, 0.15) is 18.0 Å². The maximum Gasteiger partial charge on any atom is 0.422 e. The number of amides is 1. The number of halogens is 3. The zero-order valence-electron chi connectivity index (χ0n) is 12.6. The molecule has 8 heteroatoms. The molecule has 1 aromatic carbocycles. The van der Waals surface area contributed by atoms with Crippen molar-refractivity contribution in [1.82, 2.24) is 4.98 Å². The Labute approximate surface area is 136 Å². The van der Waals surface area contributed by atoms with Crippen LogP contribution in [0, 0.1) is 0 Å². The molecule has 1 heterocycles. The molecule has 1 aromatic heterocycles. The number of nitrogens with zero attached hydrogens (tertiary/aromatic N) is 1. The third kappa shape index (κ3) is 5.88. The van der Waals surface area contributed by atoms with Gasteiger partial charge in [-0.2, -0.15) is 13.2 Å². The van der Waals surface area contributed by atoms with E-state index in [4.69, 9.17) is 5.73 Å². The molecule has 2 rings (SSSR count). The van der Waals surface area contributed by atoms with Crippen LogP contribution in [0.5, 0.6) is 5.88 Å². The van der Waals surface area contributed by atoms with Crippen LogP contribution in [-0.4, -0.2) is 23.7 Å². The number of carbonyl (C=O) groups excluding carboxylic acids is 1. The van der Waals surface area contributed by atoms with Crippen molar-refractivity contribution in [3.05, 3.63) is 54.2 Å². The van der Waals surface area contributed by atoms with Gasteiger partial charge in [0.1, 0.15) is 0 Å². The van der Waals surface area contributed by atoms with Crippen LogP contribution in [0.4, 0.5) is 18.9 Å². The van der Waals surface area contributed by atoms with E-state index in [0.29, 0.717) is 5.69 Å². The molecule has 0 aliphatic rings. The van der Waals surface area contributed by atoms with Gasteiger partial charge in [-0.3, -0.25) is 4.79 Å². The second kappa shape index (κ2) is 7.78. The maximum absolute atomic E-state index is 12.0. The molecule has 24 heavy (non-hydrogen) atoms. The van der Waals surface area contributed by atoms with E-state index in [-0.39, 0.29) is 18.2 Å². The predicted octanol–water partition coefficient (Wildman–Crippen LogP) is 3.05. The van der Waals surface area contributed by atoms with Crippen molar-refractivity contribution in [3.63, 3.8) is 0 Å². The lowest BCUT2D eigenvalue weighted by atomic mass is 10.0. The summed E-state index contributed by atoms with van der Waals surface area (Å²) >= 11 is 0. The first kappa shape index (κ1) is 17.7. The van der Waals surface area contributed by atoms with Crippen LogP contribution in [-0.2, 0) is 4.79 Å². The molecule has 0 saturated carbocycles. The molecular formula is C16H16F3N3O2. The van der Waals surface area contributed by atoms with Crippen LogP contribution < -0.4 is 15.8 Å². The van der Waals surface area contributed by atoms with Crippen molar-refractivity contribution in [2.24, 2.45) is 5.73 Å². The van der Waals surface area contributed by atoms with Gasteiger partial charge in [0.15, 0.2) is 6.61 Å². The van der Waals surface area contributed by atoms with Crippen molar-refractivity contribution < 1.29 is 22.7 Å². The summed E-state index contributed by atoms with van der Waals surface area (Å²) in [4.78, 5) is 15.6. The first-order valence-electron chi connectivity index (χ1n) is 7.09. The minimum Gasteiger partial charge on any atom is -0.468 e. The van der Waals surface area contributed by atoms with E-state index >= 15 is 0 Å². The molecule has 1 unspecified atom stereocenters.